The van der Waals surface area contributed by atoms with E-state index in [-0.39, 0.29) is 0 Å². The summed E-state index contributed by atoms with van der Waals surface area (Å²) in [6, 6.07) is 66.8. The van der Waals surface area contributed by atoms with Gasteiger partial charge in [0.15, 0.2) is 23.2 Å². The van der Waals surface area contributed by atoms with E-state index < -0.39 is 0 Å². The van der Waals surface area contributed by atoms with Crippen molar-refractivity contribution >= 4 is 60.5 Å². The van der Waals surface area contributed by atoms with E-state index in [0.29, 0.717) is 23.2 Å². The summed E-state index contributed by atoms with van der Waals surface area (Å²) < 4.78 is 13.8. The first-order valence-corrected chi connectivity index (χ1v) is 19.7. The lowest BCUT2D eigenvalue weighted by Crippen LogP contribution is -2.12. The van der Waals surface area contributed by atoms with Gasteiger partial charge in [-0.1, -0.05) is 146 Å². The first-order chi connectivity index (χ1) is 29.2. The minimum absolute atomic E-state index is 0.525. The van der Waals surface area contributed by atoms with Gasteiger partial charge in [0.2, 0.25) is 0 Å². The van der Waals surface area contributed by atoms with E-state index in [1.165, 1.54) is 0 Å². The maximum atomic E-state index is 7.28. The molecule has 1 aliphatic rings. The molecule has 0 saturated heterocycles. The van der Waals surface area contributed by atoms with Crippen LogP contribution in [0.2, 0.25) is 0 Å². The summed E-state index contributed by atoms with van der Waals surface area (Å²) in [7, 11) is 0. The predicted molar refractivity (Wildman–Crippen MR) is 239 cm³/mol. The Bertz CT molecular complexity index is 3430. The van der Waals surface area contributed by atoms with E-state index in [1.54, 1.807) is 0 Å². The summed E-state index contributed by atoms with van der Waals surface area (Å²) in [5, 5.41) is 6.26. The number of fused-ring (bicyclic) bond motifs is 8. The molecule has 0 bridgehead atoms. The Balaban J connectivity index is 1.13. The molecular weight excluding hydrogens is 725 g/mol. The van der Waals surface area contributed by atoms with Crippen molar-refractivity contribution in [2.24, 2.45) is 0 Å². The first-order valence-electron chi connectivity index (χ1n) is 19.7. The zero-order chi connectivity index (χ0) is 38.9. The highest BCUT2D eigenvalue weighted by Crippen LogP contribution is 2.52. The Hall–Kier alpha value is -8.09. The van der Waals surface area contributed by atoms with Crippen LogP contribution >= 0.6 is 0 Å². The van der Waals surface area contributed by atoms with E-state index in [0.717, 1.165) is 94.1 Å². The van der Waals surface area contributed by atoms with E-state index >= 15 is 0 Å². The molecule has 0 radical (unpaired) electrons. The zero-order valence-corrected chi connectivity index (χ0v) is 31.6. The number of anilines is 3. The van der Waals surface area contributed by atoms with Crippen LogP contribution < -0.4 is 9.64 Å². The SMILES string of the molecule is c1ccc(-c2nc(-c3cc4c5c(cccc5c3)-c3ccccc3N(c3ccccc3)c3c(ccc5ccccc35)O4)nc(-c3cccc4c3oc3ccccc34)n2)cc1. The van der Waals surface area contributed by atoms with Crippen molar-refractivity contribution in [3.8, 4) is 56.8 Å². The molecule has 0 N–H and O–H groups in total. The lowest BCUT2D eigenvalue weighted by Gasteiger charge is -2.29. The van der Waals surface area contributed by atoms with Gasteiger partial charge < -0.3 is 14.1 Å². The van der Waals surface area contributed by atoms with E-state index in [4.69, 9.17) is 24.1 Å². The van der Waals surface area contributed by atoms with Crippen molar-refractivity contribution in [1.82, 2.24) is 15.0 Å². The largest absolute Gasteiger partial charge is 0.455 e. The summed E-state index contributed by atoms with van der Waals surface area (Å²) in [6.07, 6.45) is 0. The smallest absolute Gasteiger partial charge is 0.167 e. The molecular formula is C53H32N4O2. The third kappa shape index (κ3) is 5.38. The Morgan fingerprint density at radius 2 is 1.05 bits per heavy atom. The molecule has 1 aliphatic heterocycles. The van der Waals surface area contributed by atoms with Gasteiger partial charge in [0, 0.05) is 43.9 Å². The van der Waals surface area contributed by atoms with Crippen LogP contribution in [0, 0.1) is 0 Å². The number of para-hydroxylation sites is 4. The molecule has 3 heterocycles. The second-order valence-corrected chi connectivity index (χ2v) is 14.8. The molecule has 6 heteroatoms. The van der Waals surface area contributed by atoms with Gasteiger partial charge in [-0.15, -0.1) is 0 Å². The fraction of sp³-hybridized carbons (Fsp3) is 0. The average molecular weight is 757 g/mol. The number of ether oxygens (including phenoxy) is 1. The van der Waals surface area contributed by atoms with Gasteiger partial charge in [0.05, 0.1) is 16.9 Å². The normalized spacial score (nSPS) is 12.2. The van der Waals surface area contributed by atoms with Gasteiger partial charge in [-0.05, 0) is 64.9 Å². The molecule has 9 aromatic carbocycles. The molecule has 0 spiro atoms. The summed E-state index contributed by atoms with van der Waals surface area (Å²) in [4.78, 5) is 17.8. The molecule has 0 amide bonds. The molecule has 0 fully saturated rings. The number of benzene rings is 9. The van der Waals surface area contributed by atoms with Gasteiger partial charge in [-0.25, -0.2) is 15.0 Å². The number of aromatic nitrogens is 3. The number of nitrogens with zero attached hydrogens (tertiary/aromatic N) is 4. The van der Waals surface area contributed by atoms with E-state index in [9.17, 15) is 0 Å². The molecule has 59 heavy (non-hydrogen) atoms. The van der Waals surface area contributed by atoms with Gasteiger partial charge in [0.25, 0.3) is 0 Å². The Morgan fingerprint density at radius 1 is 0.407 bits per heavy atom. The van der Waals surface area contributed by atoms with Crippen LogP contribution in [0.15, 0.2) is 199 Å². The van der Waals surface area contributed by atoms with Crippen LogP contribution in [0.1, 0.15) is 0 Å². The van der Waals surface area contributed by atoms with Crippen molar-refractivity contribution in [3.63, 3.8) is 0 Å². The molecule has 276 valence electrons. The van der Waals surface area contributed by atoms with Gasteiger partial charge >= 0.3 is 0 Å². The Labute approximate surface area is 339 Å². The van der Waals surface area contributed by atoms with Crippen molar-refractivity contribution < 1.29 is 9.15 Å². The topological polar surface area (TPSA) is 64.3 Å². The lowest BCUT2D eigenvalue weighted by molar-refractivity contribution is 0.490. The van der Waals surface area contributed by atoms with Crippen LogP contribution in [0.4, 0.5) is 17.1 Å². The summed E-state index contributed by atoms with van der Waals surface area (Å²) in [5.74, 6) is 3.06. The van der Waals surface area contributed by atoms with Crippen molar-refractivity contribution in [2.75, 3.05) is 4.90 Å². The van der Waals surface area contributed by atoms with Crippen molar-refractivity contribution in [3.05, 3.63) is 194 Å². The number of hydrogen-bond acceptors (Lipinski definition) is 6. The average Bonchev–Trinajstić information content (AvgIpc) is 3.70. The van der Waals surface area contributed by atoms with Crippen LogP contribution in [0.3, 0.4) is 0 Å². The lowest BCUT2D eigenvalue weighted by atomic mass is 9.94. The minimum Gasteiger partial charge on any atom is -0.455 e. The molecule has 12 rings (SSSR count). The van der Waals surface area contributed by atoms with Gasteiger partial charge in [0.1, 0.15) is 16.9 Å². The fourth-order valence-corrected chi connectivity index (χ4v) is 8.62. The number of furan rings is 1. The Kier molecular flexibility index (Phi) is 7.43. The maximum absolute atomic E-state index is 7.28. The first kappa shape index (κ1) is 33.1. The van der Waals surface area contributed by atoms with Gasteiger partial charge in [-0.3, -0.25) is 0 Å². The Morgan fingerprint density at radius 3 is 1.93 bits per heavy atom. The van der Waals surface area contributed by atoms with Crippen LogP contribution in [-0.2, 0) is 0 Å². The van der Waals surface area contributed by atoms with Crippen molar-refractivity contribution in [2.45, 2.75) is 0 Å². The molecule has 6 nitrogen and oxygen atoms in total. The third-order valence-corrected chi connectivity index (χ3v) is 11.3. The van der Waals surface area contributed by atoms with Crippen molar-refractivity contribution in [1.29, 1.82) is 0 Å². The molecule has 0 saturated carbocycles. The molecule has 0 unspecified atom stereocenters. The monoisotopic (exact) mass is 756 g/mol. The summed E-state index contributed by atoms with van der Waals surface area (Å²) in [5.41, 5.74) is 9.24. The predicted octanol–water partition coefficient (Wildman–Crippen LogP) is 14.3. The minimum atomic E-state index is 0.525. The van der Waals surface area contributed by atoms with E-state index in [1.807, 2.05) is 60.7 Å². The second-order valence-electron chi connectivity index (χ2n) is 14.8. The quantitative estimate of drug-likeness (QED) is 0.178. The maximum Gasteiger partial charge on any atom is 0.167 e. The highest BCUT2D eigenvalue weighted by molar-refractivity contribution is 6.11. The standard InChI is InChI=1S/C53H32N4O2/c1-3-16-34(17-4-1)51-54-52(56-53(55-51)43-26-14-25-42-40-23-10-12-28-45(40)59-50(42)43)36-31-35-18-13-24-41-39-22-9-11-27-44(39)57(37-19-5-2-6-20-37)49-38-21-8-7-15-33(38)29-30-46(49)58-47(32-36)48(35)41/h1-32H. The third-order valence-electron chi connectivity index (χ3n) is 11.3. The highest BCUT2D eigenvalue weighted by atomic mass is 16.5. The number of rotatable bonds is 4. The zero-order valence-electron chi connectivity index (χ0n) is 31.6. The number of hydrogen-bond donors (Lipinski definition) is 0. The molecule has 0 aliphatic carbocycles. The molecule has 2 aromatic heterocycles. The summed E-state index contributed by atoms with van der Waals surface area (Å²) in [6.45, 7) is 0. The van der Waals surface area contributed by atoms with Gasteiger partial charge in [-0.2, -0.15) is 0 Å². The fourth-order valence-electron chi connectivity index (χ4n) is 8.62. The highest BCUT2D eigenvalue weighted by Gasteiger charge is 2.27. The van der Waals surface area contributed by atoms with Crippen LogP contribution in [0.25, 0.3) is 88.8 Å². The van der Waals surface area contributed by atoms with Crippen LogP contribution in [0.5, 0.6) is 11.5 Å². The molecule has 0 atom stereocenters. The second kappa shape index (κ2) is 13.3. The molecule has 11 aromatic rings. The van der Waals surface area contributed by atoms with E-state index in [2.05, 4.69) is 138 Å². The summed E-state index contributed by atoms with van der Waals surface area (Å²) >= 11 is 0. The van der Waals surface area contributed by atoms with Crippen LogP contribution in [-0.4, -0.2) is 15.0 Å².